The Hall–Kier alpha value is -3.37. The predicted octanol–water partition coefficient (Wildman–Crippen LogP) is 5.70. The number of nitrogens with one attached hydrogen (secondary N) is 2. The number of anilines is 1. The maximum Gasteiger partial charge on any atom is 0.264 e. The molecule has 9 nitrogen and oxygen atoms in total. The van der Waals surface area contributed by atoms with E-state index in [9.17, 15) is 18.0 Å². The van der Waals surface area contributed by atoms with Gasteiger partial charge in [-0.3, -0.25) is 9.59 Å². The lowest BCUT2D eigenvalue weighted by molar-refractivity contribution is -0.142. The van der Waals surface area contributed by atoms with Gasteiger partial charge in [-0.05, 0) is 43.9 Å². The minimum atomic E-state index is -4.04. The average Bonchev–Trinajstić information content (AvgIpc) is 3.22. The van der Waals surface area contributed by atoms with Crippen LogP contribution in [0, 0.1) is 19.8 Å². The molecule has 0 aliphatic carbocycles. The molecule has 0 unspecified atom stereocenters. The van der Waals surface area contributed by atoms with Crippen LogP contribution in [0.3, 0.4) is 0 Å². The van der Waals surface area contributed by atoms with E-state index in [0.717, 1.165) is 18.4 Å². The first-order chi connectivity index (χ1) is 18.9. The van der Waals surface area contributed by atoms with E-state index in [1.54, 1.807) is 62.2 Å². The van der Waals surface area contributed by atoms with Crippen molar-refractivity contribution in [3.8, 4) is 11.1 Å². The molecule has 1 atom stereocenters. The number of sulfonamides is 1. The van der Waals surface area contributed by atoms with E-state index >= 15 is 0 Å². The second-order valence-corrected chi connectivity index (χ2v) is 12.1. The van der Waals surface area contributed by atoms with E-state index in [0.29, 0.717) is 33.8 Å². The first-order valence-electron chi connectivity index (χ1n) is 13.3. The molecule has 0 aliphatic heterocycles. The fourth-order valence-corrected chi connectivity index (χ4v) is 6.02. The van der Waals surface area contributed by atoms with Gasteiger partial charge in [-0.2, -0.15) is 0 Å². The first kappa shape index (κ1) is 31.2. The van der Waals surface area contributed by atoms with Gasteiger partial charge in [-0.1, -0.05) is 74.3 Å². The summed E-state index contributed by atoms with van der Waals surface area (Å²) >= 11 is 6.73. The Bertz CT molecular complexity index is 1470. The molecule has 2 amide bonds. The van der Waals surface area contributed by atoms with Crippen molar-refractivity contribution in [2.24, 2.45) is 5.92 Å². The number of carbonyl (C=O) groups is 2. The van der Waals surface area contributed by atoms with E-state index in [2.05, 4.69) is 15.2 Å². The smallest absolute Gasteiger partial charge is 0.264 e. The monoisotopic (exact) mass is 588 g/mol. The summed E-state index contributed by atoms with van der Waals surface area (Å²) in [6.07, 6.45) is 1.92. The van der Waals surface area contributed by atoms with Crippen molar-refractivity contribution in [1.29, 1.82) is 0 Å². The molecule has 40 heavy (non-hydrogen) atoms. The van der Waals surface area contributed by atoms with Crippen molar-refractivity contribution in [3.63, 3.8) is 0 Å². The Morgan fingerprint density at radius 3 is 2.38 bits per heavy atom. The Morgan fingerprint density at radius 1 is 1.10 bits per heavy atom. The van der Waals surface area contributed by atoms with Crippen molar-refractivity contribution in [1.82, 2.24) is 15.4 Å². The van der Waals surface area contributed by atoms with E-state index < -0.39 is 16.1 Å². The van der Waals surface area contributed by atoms with Crippen LogP contribution in [0.4, 0.5) is 5.88 Å². The van der Waals surface area contributed by atoms with Gasteiger partial charge in [0.1, 0.15) is 6.04 Å². The van der Waals surface area contributed by atoms with Crippen LogP contribution in [-0.2, 0) is 26.2 Å². The van der Waals surface area contributed by atoms with Crippen LogP contribution in [0.2, 0.25) is 5.02 Å². The number of carbonyl (C=O) groups excluding carboxylic acids is 2. The quantitative estimate of drug-likeness (QED) is 0.280. The average molecular weight is 589 g/mol. The number of rotatable bonds is 12. The third-order valence-electron chi connectivity index (χ3n) is 6.78. The van der Waals surface area contributed by atoms with Gasteiger partial charge in [-0.25, -0.2) is 13.1 Å². The van der Waals surface area contributed by atoms with Crippen LogP contribution < -0.4 is 10.0 Å². The zero-order valence-corrected chi connectivity index (χ0v) is 25.3. The Morgan fingerprint density at radius 2 is 1.80 bits per heavy atom. The molecule has 0 aliphatic rings. The second kappa shape index (κ2) is 13.3. The molecule has 0 spiro atoms. The molecule has 2 N–H and O–H groups in total. The molecule has 1 aromatic heterocycles. The third-order valence-corrected chi connectivity index (χ3v) is 8.49. The second-order valence-electron chi connectivity index (χ2n) is 10.1. The van der Waals surface area contributed by atoms with Crippen LogP contribution in [0.1, 0.15) is 56.9 Å². The highest BCUT2D eigenvalue weighted by Crippen LogP contribution is 2.35. The zero-order chi connectivity index (χ0) is 29.6. The molecule has 216 valence electrons. The van der Waals surface area contributed by atoms with E-state index in [1.165, 1.54) is 6.07 Å². The normalized spacial score (nSPS) is 12.3. The molecule has 0 bridgehead atoms. The van der Waals surface area contributed by atoms with E-state index in [1.807, 2.05) is 20.8 Å². The summed E-state index contributed by atoms with van der Waals surface area (Å²) in [6, 6.07) is 11.1. The number of benzene rings is 2. The molecule has 0 radical (unpaired) electrons. The number of nitrogens with zero attached hydrogens (tertiary/aromatic N) is 2. The van der Waals surface area contributed by atoms with Crippen LogP contribution in [0.25, 0.3) is 11.1 Å². The maximum absolute atomic E-state index is 13.3. The molecule has 3 rings (SSSR count). The highest BCUT2D eigenvalue weighted by atomic mass is 35.5. The summed E-state index contributed by atoms with van der Waals surface area (Å²) in [5, 5.41) is 6.80. The number of hydrogen-bond acceptors (Lipinski definition) is 6. The van der Waals surface area contributed by atoms with Crippen molar-refractivity contribution >= 4 is 39.3 Å². The summed E-state index contributed by atoms with van der Waals surface area (Å²) in [6.45, 7) is 9.45. The number of hydrogen-bond donors (Lipinski definition) is 2. The van der Waals surface area contributed by atoms with Crippen molar-refractivity contribution < 1.29 is 22.5 Å². The van der Waals surface area contributed by atoms with Gasteiger partial charge in [0.05, 0.1) is 10.6 Å². The first-order valence-corrected chi connectivity index (χ1v) is 15.1. The van der Waals surface area contributed by atoms with Crippen LogP contribution in [-0.4, -0.2) is 43.4 Å². The SMILES string of the molecule is CCCCC(=O)N(Cc1ccc(-c2ccccc2S(=O)(=O)Nc2onc(C)c2C)c(Cl)c1)[C@H](C(=O)NC)C(C)C. The number of likely N-dealkylation sites (N-methyl/N-ethyl adjacent to an activating group) is 1. The Balaban J connectivity index is 1.98. The summed E-state index contributed by atoms with van der Waals surface area (Å²) in [5.41, 5.74) is 2.81. The van der Waals surface area contributed by atoms with Crippen LogP contribution >= 0.6 is 11.6 Å². The van der Waals surface area contributed by atoms with Gasteiger partial charge < -0.3 is 14.7 Å². The fourth-order valence-electron chi connectivity index (χ4n) is 4.45. The van der Waals surface area contributed by atoms with Gasteiger partial charge in [-0.15, -0.1) is 0 Å². The summed E-state index contributed by atoms with van der Waals surface area (Å²) in [7, 11) is -2.48. The number of aromatic nitrogens is 1. The summed E-state index contributed by atoms with van der Waals surface area (Å²) in [4.78, 5) is 27.6. The lowest BCUT2D eigenvalue weighted by Crippen LogP contribution is -2.51. The van der Waals surface area contributed by atoms with Gasteiger partial charge in [0.2, 0.25) is 17.7 Å². The lowest BCUT2D eigenvalue weighted by atomic mass is 9.99. The fraction of sp³-hybridized carbons (Fsp3) is 0.414. The number of aryl methyl sites for hydroxylation is 1. The molecular formula is C29H37ClN4O5S. The standard InChI is InChI=1S/C29H37ClN4O5S/c1-7-8-13-26(35)34(27(18(2)3)28(36)31-6)17-21-14-15-22(24(30)16-21)23-11-9-10-12-25(23)40(37,38)33-29-19(4)20(5)32-39-29/h9-12,14-16,18,27,33H,7-8,13,17H2,1-6H3,(H,31,36)/t27-/m0/s1. The molecule has 2 aromatic carbocycles. The molecule has 1 heterocycles. The van der Waals surface area contributed by atoms with Crippen molar-refractivity contribution in [3.05, 3.63) is 64.3 Å². The van der Waals surface area contributed by atoms with E-state index in [-0.39, 0.29) is 35.1 Å². The van der Waals surface area contributed by atoms with Crippen molar-refractivity contribution in [2.45, 2.75) is 71.4 Å². The van der Waals surface area contributed by atoms with Gasteiger partial charge in [0, 0.05) is 41.7 Å². The minimum absolute atomic E-state index is 0.0222. The topological polar surface area (TPSA) is 122 Å². The van der Waals surface area contributed by atoms with Gasteiger partial charge in [0.15, 0.2) is 0 Å². The molecule has 11 heteroatoms. The van der Waals surface area contributed by atoms with Crippen LogP contribution in [0.15, 0.2) is 51.9 Å². The van der Waals surface area contributed by atoms with Gasteiger partial charge in [0.25, 0.3) is 10.0 Å². The number of amides is 2. The molecule has 0 saturated carbocycles. The zero-order valence-electron chi connectivity index (χ0n) is 23.7. The highest BCUT2D eigenvalue weighted by Gasteiger charge is 2.32. The number of unbranched alkanes of at least 4 members (excludes halogenated alkanes) is 1. The highest BCUT2D eigenvalue weighted by molar-refractivity contribution is 7.92. The van der Waals surface area contributed by atoms with Crippen molar-refractivity contribution in [2.75, 3.05) is 11.8 Å². The van der Waals surface area contributed by atoms with Gasteiger partial charge >= 0.3 is 0 Å². The molecular weight excluding hydrogens is 552 g/mol. The largest absolute Gasteiger partial charge is 0.357 e. The summed E-state index contributed by atoms with van der Waals surface area (Å²) < 4.78 is 34.3. The third kappa shape index (κ3) is 7.03. The van der Waals surface area contributed by atoms with Crippen LogP contribution in [0.5, 0.6) is 0 Å². The molecule has 0 saturated heterocycles. The Labute approximate surface area is 241 Å². The predicted molar refractivity (Wildman–Crippen MR) is 156 cm³/mol. The minimum Gasteiger partial charge on any atom is -0.357 e. The molecule has 0 fully saturated rings. The van der Waals surface area contributed by atoms with E-state index in [4.69, 9.17) is 16.1 Å². The molecule has 3 aromatic rings. The maximum atomic E-state index is 13.3. The Kier molecular flexibility index (Phi) is 10.4. The number of halogens is 1. The lowest BCUT2D eigenvalue weighted by Gasteiger charge is -2.33. The summed E-state index contributed by atoms with van der Waals surface area (Å²) in [5.74, 6) is -0.393.